The van der Waals surface area contributed by atoms with E-state index in [0.717, 1.165) is 19.5 Å². The van der Waals surface area contributed by atoms with E-state index in [1.54, 1.807) is 11.7 Å². The minimum Gasteiger partial charge on any atom is -0.364 e. The average Bonchev–Trinajstić information content (AvgIpc) is 2.98. The van der Waals surface area contributed by atoms with Crippen LogP contribution in [0, 0.1) is 10.1 Å². The molecule has 2 heterocycles. The van der Waals surface area contributed by atoms with Crippen molar-refractivity contribution in [1.29, 1.82) is 0 Å². The van der Waals surface area contributed by atoms with Crippen molar-refractivity contribution < 1.29 is 4.92 Å². The summed E-state index contributed by atoms with van der Waals surface area (Å²) in [6.07, 6.45) is 3.37. The molecule has 1 aromatic rings. The first-order valence-electron chi connectivity index (χ1n) is 7.19. The van der Waals surface area contributed by atoms with Gasteiger partial charge in [0.1, 0.15) is 5.69 Å². The SMILES string of the molecule is CC(C)c1nn(C)c(NCC[C@H]2CCCN2)c1[N+](=O)[O-]. The highest BCUT2D eigenvalue weighted by Gasteiger charge is 2.28. The Labute approximate surface area is 118 Å². The molecule has 112 valence electrons. The van der Waals surface area contributed by atoms with E-state index in [-0.39, 0.29) is 16.5 Å². The van der Waals surface area contributed by atoms with Crippen LogP contribution in [0.3, 0.4) is 0 Å². The van der Waals surface area contributed by atoms with Gasteiger partial charge in [-0.3, -0.25) is 10.1 Å². The number of nitro groups is 1. The molecule has 1 aliphatic heterocycles. The predicted octanol–water partition coefficient (Wildman–Crippen LogP) is 2.01. The van der Waals surface area contributed by atoms with E-state index < -0.39 is 0 Å². The number of aromatic nitrogens is 2. The van der Waals surface area contributed by atoms with Gasteiger partial charge in [0, 0.05) is 25.6 Å². The Hall–Kier alpha value is -1.63. The Balaban J connectivity index is 2.07. The second-order valence-corrected chi connectivity index (χ2v) is 5.63. The Morgan fingerprint density at radius 2 is 2.35 bits per heavy atom. The Bertz CT molecular complexity index is 477. The van der Waals surface area contributed by atoms with Crippen molar-refractivity contribution in [2.24, 2.45) is 7.05 Å². The maximum absolute atomic E-state index is 11.3. The van der Waals surface area contributed by atoms with E-state index in [2.05, 4.69) is 15.7 Å². The van der Waals surface area contributed by atoms with Crippen molar-refractivity contribution in [3.8, 4) is 0 Å². The number of nitrogens with one attached hydrogen (secondary N) is 2. The van der Waals surface area contributed by atoms with Gasteiger partial charge in [0.15, 0.2) is 0 Å². The number of anilines is 1. The number of hydrogen-bond donors (Lipinski definition) is 2. The highest BCUT2D eigenvalue weighted by molar-refractivity contribution is 5.60. The zero-order valence-electron chi connectivity index (χ0n) is 12.3. The van der Waals surface area contributed by atoms with Gasteiger partial charge in [-0.05, 0) is 25.8 Å². The molecule has 1 atom stereocenters. The van der Waals surface area contributed by atoms with Gasteiger partial charge >= 0.3 is 5.69 Å². The van der Waals surface area contributed by atoms with E-state index in [9.17, 15) is 10.1 Å². The van der Waals surface area contributed by atoms with Crippen LogP contribution in [0.25, 0.3) is 0 Å². The van der Waals surface area contributed by atoms with Crippen LogP contribution in [0.5, 0.6) is 0 Å². The lowest BCUT2D eigenvalue weighted by atomic mass is 10.1. The third kappa shape index (κ3) is 3.09. The lowest BCUT2D eigenvalue weighted by Crippen LogP contribution is -2.24. The van der Waals surface area contributed by atoms with Crippen molar-refractivity contribution in [3.05, 3.63) is 15.8 Å². The predicted molar refractivity (Wildman–Crippen MR) is 78.1 cm³/mol. The summed E-state index contributed by atoms with van der Waals surface area (Å²) < 4.78 is 1.58. The molecule has 0 bridgehead atoms. The first-order valence-corrected chi connectivity index (χ1v) is 7.19. The normalized spacial score (nSPS) is 18.7. The van der Waals surface area contributed by atoms with Crippen molar-refractivity contribution in [3.63, 3.8) is 0 Å². The zero-order chi connectivity index (χ0) is 14.7. The molecular weight excluding hydrogens is 258 g/mol. The molecule has 0 spiro atoms. The van der Waals surface area contributed by atoms with Gasteiger partial charge in [-0.1, -0.05) is 13.8 Å². The van der Waals surface area contributed by atoms with Gasteiger partial charge in [-0.25, -0.2) is 4.68 Å². The largest absolute Gasteiger partial charge is 0.364 e. The second kappa shape index (κ2) is 6.21. The third-order valence-electron chi connectivity index (χ3n) is 3.73. The molecule has 7 heteroatoms. The quantitative estimate of drug-likeness (QED) is 0.615. The van der Waals surface area contributed by atoms with Gasteiger partial charge in [0.05, 0.1) is 4.92 Å². The molecule has 1 aliphatic rings. The van der Waals surface area contributed by atoms with Crippen molar-refractivity contribution >= 4 is 11.5 Å². The summed E-state index contributed by atoms with van der Waals surface area (Å²) in [6, 6.07) is 0.527. The fourth-order valence-corrected chi connectivity index (χ4v) is 2.67. The average molecular weight is 281 g/mol. The lowest BCUT2D eigenvalue weighted by molar-refractivity contribution is -0.384. The smallest absolute Gasteiger partial charge is 0.334 e. The minimum absolute atomic E-state index is 0.0358. The summed E-state index contributed by atoms with van der Waals surface area (Å²) in [5.41, 5.74) is 0.654. The molecule has 2 N–H and O–H groups in total. The highest BCUT2D eigenvalue weighted by Crippen LogP contribution is 2.32. The fourth-order valence-electron chi connectivity index (χ4n) is 2.67. The van der Waals surface area contributed by atoms with Crippen LogP contribution >= 0.6 is 0 Å². The van der Waals surface area contributed by atoms with E-state index in [1.165, 1.54) is 12.8 Å². The number of nitrogens with zero attached hydrogens (tertiary/aromatic N) is 3. The van der Waals surface area contributed by atoms with E-state index >= 15 is 0 Å². The maximum Gasteiger partial charge on any atom is 0.334 e. The van der Waals surface area contributed by atoms with Gasteiger partial charge in [-0.15, -0.1) is 0 Å². The highest BCUT2D eigenvalue weighted by atomic mass is 16.6. The molecule has 0 aromatic carbocycles. The van der Waals surface area contributed by atoms with Crippen LogP contribution in [0.15, 0.2) is 0 Å². The molecule has 0 unspecified atom stereocenters. The van der Waals surface area contributed by atoms with E-state index in [0.29, 0.717) is 17.6 Å². The minimum atomic E-state index is -0.335. The van der Waals surface area contributed by atoms with Crippen molar-refractivity contribution in [1.82, 2.24) is 15.1 Å². The Morgan fingerprint density at radius 3 is 2.90 bits per heavy atom. The molecule has 7 nitrogen and oxygen atoms in total. The standard InChI is InChI=1S/C13H23N5O2/c1-9(2)11-12(18(19)20)13(17(3)16-11)15-8-6-10-5-4-7-14-10/h9-10,14-15H,4-8H2,1-3H3/t10-/m1/s1. The number of hydrogen-bond acceptors (Lipinski definition) is 5. The summed E-state index contributed by atoms with van der Waals surface area (Å²) >= 11 is 0. The molecule has 2 rings (SSSR count). The van der Waals surface area contributed by atoms with E-state index in [1.807, 2.05) is 13.8 Å². The summed E-state index contributed by atoms with van der Waals surface area (Å²) in [5.74, 6) is 0.547. The van der Waals surface area contributed by atoms with E-state index in [4.69, 9.17) is 0 Å². The van der Waals surface area contributed by atoms with Gasteiger partial charge in [-0.2, -0.15) is 5.10 Å². The van der Waals surface area contributed by atoms with Gasteiger partial charge in [0.25, 0.3) is 0 Å². The number of rotatable bonds is 6. The zero-order valence-corrected chi connectivity index (χ0v) is 12.3. The molecule has 1 saturated heterocycles. The van der Waals surface area contributed by atoms with Gasteiger partial charge < -0.3 is 10.6 Å². The molecule has 0 radical (unpaired) electrons. The molecular formula is C13H23N5O2. The lowest BCUT2D eigenvalue weighted by Gasteiger charge is -2.11. The van der Waals surface area contributed by atoms with Crippen LogP contribution < -0.4 is 10.6 Å². The van der Waals surface area contributed by atoms with Crippen LogP contribution in [-0.2, 0) is 7.05 Å². The van der Waals surface area contributed by atoms with Crippen LogP contribution in [0.2, 0.25) is 0 Å². The van der Waals surface area contributed by atoms with Crippen molar-refractivity contribution in [2.45, 2.75) is 45.1 Å². The Morgan fingerprint density at radius 1 is 1.60 bits per heavy atom. The monoisotopic (exact) mass is 281 g/mol. The summed E-state index contributed by atoms with van der Waals surface area (Å²) in [5, 5.41) is 22.2. The topological polar surface area (TPSA) is 85.0 Å². The summed E-state index contributed by atoms with van der Waals surface area (Å²) in [7, 11) is 1.75. The van der Waals surface area contributed by atoms with Crippen LogP contribution in [0.1, 0.15) is 44.7 Å². The Kier molecular flexibility index (Phi) is 4.59. The fraction of sp³-hybridized carbons (Fsp3) is 0.769. The molecule has 0 saturated carbocycles. The summed E-state index contributed by atoms with van der Waals surface area (Å²) in [6.45, 7) is 5.63. The van der Waals surface area contributed by atoms with Crippen LogP contribution in [-0.4, -0.2) is 33.8 Å². The second-order valence-electron chi connectivity index (χ2n) is 5.63. The number of aryl methyl sites for hydroxylation is 1. The molecule has 1 fully saturated rings. The first kappa shape index (κ1) is 14.8. The summed E-state index contributed by atoms with van der Waals surface area (Å²) in [4.78, 5) is 10.9. The molecule has 1 aromatic heterocycles. The molecule has 0 amide bonds. The first-order chi connectivity index (χ1) is 9.50. The molecule has 0 aliphatic carbocycles. The van der Waals surface area contributed by atoms with Gasteiger partial charge in [0.2, 0.25) is 5.82 Å². The maximum atomic E-state index is 11.3. The third-order valence-corrected chi connectivity index (χ3v) is 3.73. The van der Waals surface area contributed by atoms with Crippen LogP contribution in [0.4, 0.5) is 11.5 Å². The van der Waals surface area contributed by atoms with Crippen molar-refractivity contribution in [2.75, 3.05) is 18.4 Å². The molecule has 20 heavy (non-hydrogen) atoms.